The minimum absolute atomic E-state index is 0.218. The Morgan fingerprint density at radius 3 is 2.75 bits per heavy atom. The average Bonchev–Trinajstić information content (AvgIpc) is 2.16. The fourth-order valence-electron chi connectivity index (χ4n) is 1.38. The summed E-state index contributed by atoms with van der Waals surface area (Å²) in [6.45, 7) is 7.44. The van der Waals surface area contributed by atoms with E-state index in [1.54, 1.807) is 12.4 Å². The SMILES string of the molecule is CCOC(C)(C)CNc1c(N)cncc1Br. The van der Waals surface area contributed by atoms with Crippen molar-refractivity contribution in [3.63, 3.8) is 0 Å². The second-order valence-electron chi connectivity index (χ2n) is 4.13. The summed E-state index contributed by atoms with van der Waals surface area (Å²) < 4.78 is 6.46. The van der Waals surface area contributed by atoms with E-state index in [2.05, 4.69) is 26.2 Å². The van der Waals surface area contributed by atoms with Crippen LogP contribution in [0.2, 0.25) is 0 Å². The summed E-state index contributed by atoms with van der Waals surface area (Å²) in [6.07, 6.45) is 3.34. The minimum Gasteiger partial charge on any atom is -0.396 e. The lowest BCUT2D eigenvalue weighted by atomic mass is 10.1. The van der Waals surface area contributed by atoms with Crippen molar-refractivity contribution in [1.29, 1.82) is 0 Å². The summed E-state index contributed by atoms with van der Waals surface area (Å²) in [4.78, 5) is 3.98. The molecule has 0 saturated heterocycles. The van der Waals surface area contributed by atoms with Crippen LogP contribution in [0.1, 0.15) is 20.8 Å². The molecule has 3 N–H and O–H groups in total. The number of halogens is 1. The lowest BCUT2D eigenvalue weighted by Gasteiger charge is -2.26. The summed E-state index contributed by atoms with van der Waals surface area (Å²) >= 11 is 3.41. The van der Waals surface area contributed by atoms with Crippen molar-refractivity contribution in [3.8, 4) is 0 Å². The second kappa shape index (κ2) is 5.50. The molecule has 0 bridgehead atoms. The van der Waals surface area contributed by atoms with Gasteiger partial charge < -0.3 is 15.8 Å². The van der Waals surface area contributed by atoms with Gasteiger partial charge in [-0.1, -0.05) is 0 Å². The van der Waals surface area contributed by atoms with E-state index in [1.165, 1.54) is 0 Å². The van der Waals surface area contributed by atoms with Gasteiger partial charge in [0.05, 0.1) is 27.6 Å². The molecule has 0 aliphatic heterocycles. The highest BCUT2D eigenvalue weighted by Gasteiger charge is 2.18. The third-order valence-corrected chi connectivity index (χ3v) is 2.76. The average molecular weight is 288 g/mol. The second-order valence-corrected chi connectivity index (χ2v) is 4.99. The van der Waals surface area contributed by atoms with Gasteiger partial charge in [-0.05, 0) is 36.7 Å². The number of hydrogen-bond donors (Lipinski definition) is 2. The van der Waals surface area contributed by atoms with Gasteiger partial charge in [0.15, 0.2) is 0 Å². The van der Waals surface area contributed by atoms with Crippen molar-refractivity contribution in [3.05, 3.63) is 16.9 Å². The lowest BCUT2D eigenvalue weighted by molar-refractivity contribution is 0.000701. The number of nitrogens with two attached hydrogens (primary N) is 1. The summed E-state index contributed by atoms with van der Waals surface area (Å²) in [5.74, 6) is 0. The number of rotatable bonds is 5. The summed E-state index contributed by atoms with van der Waals surface area (Å²) in [5.41, 5.74) is 7.10. The van der Waals surface area contributed by atoms with Gasteiger partial charge in [-0.15, -0.1) is 0 Å². The largest absolute Gasteiger partial charge is 0.396 e. The van der Waals surface area contributed by atoms with E-state index in [0.29, 0.717) is 18.8 Å². The van der Waals surface area contributed by atoms with Crippen molar-refractivity contribution >= 4 is 27.3 Å². The van der Waals surface area contributed by atoms with Gasteiger partial charge >= 0.3 is 0 Å². The molecule has 0 aliphatic rings. The maximum Gasteiger partial charge on any atom is 0.0797 e. The maximum atomic E-state index is 5.83. The predicted molar refractivity (Wildman–Crippen MR) is 70.5 cm³/mol. The monoisotopic (exact) mass is 287 g/mol. The fourth-order valence-corrected chi connectivity index (χ4v) is 1.87. The van der Waals surface area contributed by atoms with Crippen LogP contribution in [0.25, 0.3) is 0 Å². The summed E-state index contributed by atoms with van der Waals surface area (Å²) in [5, 5.41) is 3.27. The number of anilines is 2. The third-order valence-electron chi connectivity index (χ3n) is 2.15. The van der Waals surface area contributed by atoms with Crippen LogP contribution in [0.15, 0.2) is 16.9 Å². The predicted octanol–water partition coefficient (Wildman–Crippen LogP) is 2.65. The van der Waals surface area contributed by atoms with Crippen molar-refractivity contribution < 1.29 is 4.74 Å². The first-order valence-electron chi connectivity index (χ1n) is 5.23. The Bertz CT molecular complexity index is 335. The van der Waals surface area contributed by atoms with Gasteiger partial charge in [0.1, 0.15) is 0 Å². The van der Waals surface area contributed by atoms with Crippen molar-refractivity contribution in [1.82, 2.24) is 4.98 Å². The molecule has 0 radical (unpaired) electrons. The highest BCUT2D eigenvalue weighted by molar-refractivity contribution is 9.10. The van der Waals surface area contributed by atoms with Crippen LogP contribution in [0, 0.1) is 0 Å². The highest BCUT2D eigenvalue weighted by Crippen LogP contribution is 2.27. The molecule has 90 valence electrons. The molecule has 0 spiro atoms. The molecule has 16 heavy (non-hydrogen) atoms. The van der Waals surface area contributed by atoms with Gasteiger partial charge in [-0.25, -0.2) is 0 Å². The normalized spacial score (nSPS) is 11.5. The number of pyridine rings is 1. The van der Waals surface area contributed by atoms with Crippen LogP contribution in [0.5, 0.6) is 0 Å². The lowest BCUT2D eigenvalue weighted by Crippen LogP contribution is -2.33. The van der Waals surface area contributed by atoms with Crippen molar-refractivity contribution in [2.24, 2.45) is 0 Å². The Morgan fingerprint density at radius 1 is 1.50 bits per heavy atom. The number of nitrogens with zero attached hydrogens (tertiary/aromatic N) is 1. The first kappa shape index (κ1) is 13.3. The molecule has 1 heterocycles. The quantitative estimate of drug-likeness (QED) is 0.874. The fraction of sp³-hybridized carbons (Fsp3) is 0.545. The molecule has 4 nitrogen and oxygen atoms in total. The van der Waals surface area contributed by atoms with Gasteiger partial charge in [0.25, 0.3) is 0 Å². The Hall–Kier alpha value is -0.810. The van der Waals surface area contributed by atoms with Crippen LogP contribution in [0.3, 0.4) is 0 Å². The molecular weight excluding hydrogens is 270 g/mol. The molecule has 0 aromatic carbocycles. The Kier molecular flexibility index (Phi) is 4.56. The molecule has 0 amide bonds. The number of ether oxygens (including phenoxy) is 1. The van der Waals surface area contributed by atoms with Crippen LogP contribution in [-0.4, -0.2) is 23.7 Å². The van der Waals surface area contributed by atoms with Crippen LogP contribution in [-0.2, 0) is 4.74 Å². The first-order chi connectivity index (χ1) is 7.46. The van der Waals surface area contributed by atoms with Crippen LogP contribution in [0.4, 0.5) is 11.4 Å². The summed E-state index contributed by atoms with van der Waals surface area (Å²) in [7, 11) is 0. The van der Waals surface area contributed by atoms with E-state index in [4.69, 9.17) is 10.5 Å². The van der Waals surface area contributed by atoms with E-state index >= 15 is 0 Å². The molecule has 0 aliphatic carbocycles. The zero-order chi connectivity index (χ0) is 12.2. The summed E-state index contributed by atoms with van der Waals surface area (Å²) in [6, 6.07) is 0. The molecule has 1 aromatic rings. The zero-order valence-electron chi connectivity index (χ0n) is 9.88. The zero-order valence-corrected chi connectivity index (χ0v) is 11.5. The molecule has 0 atom stereocenters. The molecule has 1 rings (SSSR count). The molecular formula is C11H18BrN3O. The van der Waals surface area contributed by atoms with E-state index in [0.717, 1.165) is 10.2 Å². The standard InChI is InChI=1S/C11H18BrN3O/c1-4-16-11(2,3)7-15-10-8(12)5-14-6-9(10)13/h5-6H,4,7,13H2,1-3H3,(H,14,15). The van der Waals surface area contributed by atoms with E-state index in [1.807, 2.05) is 20.8 Å². The Balaban J connectivity index is 2.68. The maximum absolute atomic E-state index is 5.83. The minimum atomic E-state index is -0.218. The van der Waals surface area contributed by atoms with Gasteiger partial charge in [-0.2, -0.15) is 0 Å². The number of nitrogens with one attached hydrogen (secondary N) is 1. The third kappa shape index (κ3) is 3.64. The first-order valence-corrected chi connectivity index (χ1v) is 6.02. The number of hydrogen-bond acceptors (Lipinski definition) is 4. The van der Waals surface area contributed by atoms with E-state index in [9.17, 15) is 0 Å². The Labute approximate surface area is 105 Å². The molecule has 0 saturated carbocycles. The molecule has 0 fully saturated rings. The van der Waals surface area contributed by atoms with Gasteiger partial charge in [0, 0.05) is 19.3 Å². The van der Waals surface area contributed by atoms with Crippen LogP contribution >= 0.6 is 15.9 Å². The van der Waals surface area contributed by atoms with Crippen molar-refractivity contribution in [2.75, 3.05) is 24.2 Å². The van der Waals surface area contributed by atoms with Crippen molar-refractivity contribution in [2.45, 2.75) is 26.4 Å². The van der Waals surface area contributed by atoms with E-state index < -0.39 is 0 Å². The van der Waals surface area contributed by atoms with Gasteiger partial charge in [-0.3, -0.25) is 4.98 Å². The van der Waals surface area contributed by atoms with Gasteiger partial charge in [0.2, 0.25) is 0 Å². The Morgan fingerprint density at radius 2 is 2.19 bits per heavy atom. The van der Waals surface area contributed by atoms with Crippen LogP contribution < -0.4 is 11.1 Å². The number of nitrogen functional groups attached to an aromatic ring is 1. The molecule has 1 aromatic heterocycles. The number of aromatic nitrogens is 1. The molecule has 0 unspecified atom stereocenters. The molecule has 5 heteroatoms. The smallest absolute Gasteiger partial charge is 0.0797 e. The topological polar surface area (TPSA) is 60.2 Å². The highest BCUT2D eigenvalue weighted by atomic mass is 79.9. The van der Waals surface area contributed by atoms with E-state index in [-0.39, 0.29) is 5.60 Å².